The maximum absolute atomic E-state index is 8.74. The molecule has 2 N–H and O–H groups in total. The van der Waals surface area contributed by atoms with Gasteiger partial charge in [-0.15, -0.1) is 0 Å². The molecule has 0 aromatic heterocycles. The average Bonchev–Trinajstić information content (AvgIpc) is 1.27. The van der Waals surface area contributed by atoms with E-state index in [-0.39, 0.29) is 29.6 Å². The average molecular weight is 164 g/mol. The van der Waals surface area contributed by atoms with Crippen LogP contribution in [0.5, 0.6) is 0 Å². The Labute approximate surface area is 77.5 Å². The van der Waals surface area contributed by atoms with E-state index in [4.69, 9.17) is 17.5 Å². The fourth-order valence-electron chi connectivity index (χ4n) is 0. The van der Waals surface area contributed by atoms with Crippen LogP contribution < -0.4 is 29.6 Å². The van der Waals surface area contributed by atoms with Crippen molar-refractivity contribution in [1.29, 1.82) is 0 Å². The third kappa shape index (κ3) is 553. The van der Waals surface area contributed by atoms with Gasteiger partial charge >= 0.3 is 40.0 Å². The zero-order valence-corrected chi connectivity index (χ0v) is 8.51. The molecule has 0 bridgehead atoms. The van der Waals surface area contributed by atoms with Gasteiger partial charge in [0, 0.05) is 0 Å². The largest absolute Gasteiger partial charge is 1.00 e. The van der Waals surface area contributed by atoms with Gasteiger partial charge in [0.05, 0.1) is 0 Å². The molecule has 0 aromatic rings. The zero-order chi connectivity index (χ0) is 7.21. The van der Waals surface area contributed by atoms with Gasteiger partial charge in [-0.25, -0.2) is 0 Å². The number of hydrogen-bond acceptors (Lipinski definition) is 2. The van der Waals surface area contributed by atoms with Crippen molar-refractivity contribution in [3.63, 3.8) is 0 Å². The monoisotopic (exact) mass is 164 g/mol. The molecule has 0 aliphatic heterocycles. The molecule has 0 saturated heterocycles. The first-order valence-corrected chi connectivity index (χ1v) is 3.25. The van der Waals surface area contributed by atoms with E-state index < -0.39 is 10.4 Å². The van der Waals surface area contributed by atoms with Gasteiger partial charge in [0.1, 0.15) is 0 Å². The minimum Gasteiger partial charge on any atom is -0.335 e. The SMILES string of the molecule is C[CH-]C.O=S(=O)(O)O.[Na+]. The Hall–Kier alpha value is 0.870. The number of rotatable bonds is 0. The normalized spacial score (nSPS) is 8.44. The molecule has 52 valence electrons. The van der Waals surface area contributed by atoms with Crippen LogP contribution in [0.25, 0.3) is 0 Å². The zero-order valence-electron chi connectivity index (χ0n) is 5.70. The molecule has 0 spiro atoms. The van der Waals surface area contributed by atoms with E-state index in [0.29, 0.717) is 0 Å². The molecule has 9 heavy (non-hydrogen) atoms. The topological polar surface area (TPSA) is 74.6 Å². The summed E-state index contributed by atoms with van der Waals surface area (Å²) < 4.78 is 31.6. The number of hydrogen-bond donors (Lipinski definition) is 2. The van der Waals surface area contributed by atoms with Crippen LogP contribution in [0.15, 0.2) is 0 Å². The van der Waals surface area contributed by atoms with Crippen LogP contribution in [-0.2, 0) is 10.4 Å². The Balaban J connectivity index is -0.0000000800. The molecule has 0 aromatic carbocycles. The second-order valence-corrected chi connectivity index (χ2v) is 1.92. The molecule has 0 aliphatic rings. The Morgan fingerprint density at radius 2 is 1.22 bits per heavy atom. The minimum atomic E-state index is -4.67. The van der Waals surface area contributed by atoms with E-state index in [0.717, 1.165) is 0 Å². The van der Waals surface area contributed by atoms with Gasteiger partial charge in [0.2, 0.25) is 0 Å². The third-order valence-corrected chi connectivity index (χ3v) is 0. The van der Waals surface area contributed by atoms with E-state index in [1.165, 1.54) is 0 Å². The molecule has 0 heterocycles. The molecule has 4 nitrogen and oxygen atoms in total. The standard InChI is InChI=1S/C3H7.Na.H2O4S/c1-3-2;;1-5(2,3)4/h3H,1-2H3;;(H2,1,2,3,4)/q-1;+1;. The predicted molar refractivity (Wildman–Crippen MR) is 29.8 cm³/mol. The van der Waals surface area contributed by atoms with Gasteiger partial charge in [-0.1, -0.05) is 0 Å². The summed E-state index contributed by atoms with van der Waals surface area (Å²) in [5.74, 6) is 0. The summed E-state index contributed by atoms with van der Waals surface area (Å²) in [6, 6.07) is 0. The van der Waals surface area contributed by atoms with Crippen molar-refractivity contribution in [1.82, 2.24) is 0 Å². The smallest absolute Gasteiger partial charge is 0.335 e. The van der Waals surface area contributed by atoms with Crippen LogP contribution in [0.3, 0.4) is 0 Å². The Morgan fingerprint density at radius 3 is 1.22 bits per heavy atom. The maximum atomic E-state index is 8.74. The van der Waals surface area contributed by atoms with Crippen LogP contribution >= 0.6 is 0 Å². The Kier molecular flexibility index (Phi) is 16.2. The minimum absolute atomic E-state index is 0. The molecular formula is C3H9NaO4S. The quantitative estimate of drug-likeness (QED) is 0.237. The van der Waals surface area contributed by atoms with Crippen molar-refractivity contribution in [3.05, 3.63) is 6.42 Å². The van der Waals surface area contributed by atoms with Gasteiger partial charge in [-0.3, -0.25) is 9.11 Å². The van der Waals surface area contributed by atoms with Crippen molar-refractivity contribution in [2.24, 2.45) is 0 Å². The van der Waals surface area contributed by atoms with E-state index in [2.05, 4.69) is 0 Å². The summed E-state index contributed by atoms with van der Waals surface area (Å²) in [6.07, 6.45) is 2.00. The molecule has 0 radical (unpaired) electrons. The van der Waals surface area contributed by atoms with Crippen molar-refractivity contribution in [2.75, 3.05) is 0 Å². The second-order valence-electron chi connectivity index (χ2n) is 1.03. The summed E-state index contributed by atoms with van der Waals surface area (Å²) in [4.78, 5) is 0. The van der Waals surface area contributed by atoms with Gasteiger partial charge in [-0.05, 0) is 0 Å². The summed E-state index contributed by atoms with van der Waals surface area (Å²) >= 11 is 0. The Bertz CT molecular complexity index is 110. The fourth-order valence-corrected chi connectivity index (χ4v) is 0. The molecule has 6 heteroatoms. The van der Waals surface area contributed by atoms with E-state index in [1.807, 2.05) is 20.3 Å². The molecule has 0 rings (SSSR count). The summed E-state index contributed by atoms with van der Waals surface area (Å²) in [7, 11) is -4.67. The predicted octanol–water partition coefficient (Wildman–Crippen LogP) is -2.42. The molecule has 0 atom stereocenters. The summed E-state index contributed by atoms with van der Waals surface area (Å²) in [5.41, 5.74) is 0. The van der Waals surface area contributed by atoms with Crippen LogP contribution in [0.4, 0.5) is 0 Å². The molecule has 0 saturated carbocycles. The Morgan fingerprint density at radius 1 is 1.22 bits per heavy atom. The second kappa shape index (κ2) is 8.87. The first-order chi connectivity index (χ1) is 3.41. The van der Waals surface area contributed by atoms with Crippen molar-refractivity contribution in [3.8, 4) is 0 Å². The van der Waals surface area contributed by atoms with E-state index in [9.17, 15) is 0 Å². The van der Waals surface area contributed by atoms with Crippen LogP contribution in [-0.4, -0.2) is 17.5 Å². The van der Waals surface area contributed by atoms with Crippen molar-refractivity contribution >= 4 is 10.4 Å². The van der Waals surface area contributed by atoms with Crippen molar-refractivity contribution in [2.45, 2.75) is 13.8 Å². The van der Waals surface area contributed by atoms with Crippen LogP contribution in [0.2, 0.25) is 0 Å². The van der Waals surface area contributed by atoms with Gasteiger partial charge in [0.15, 0.2) is 0 Å². The van der Waals surface area contributed by atoms with Crippen LogP contribution in [0, 0.1) is 6.42 Å². The van der Waals surface area contributed by atoms with Gasteiger partial charge in [-0.2, -0.15) is 22.3 Å². The van der Waals surface area contributed by atoms with Crippen molar-refractivity contribution < 1.29 is 47.1 Å². The van der Waals surface area contributed by atoms with E-state index in [1.54, 1.807) is 0 Å². The maximum Gasteiger partial charge on any atom is 1.00 e. The summed E-state index contributed by atoms with van der Waals surface area (Å²) in [5, 5.41) is 0. The first kappa shape index (κ1) is 16.5. The molecular weight excluding hydrogens is 155 g/mol. The van der Waals surface area contributed by atoms with Gasteiger partial charge in [0.25, 0.3) is 0 Å². The fraction of sp³-hybridized carbons (Fsp3) is 0.667. The first-order valence-electron chi connectivity index (χ1n) is 1.85. The summed E-state index contributed by atoms with van der Waals surface area (Å²) in [6.45, 7) is 4.00. The molecule has 0 unspecified atom stereocenters. The third-order valence-electron chi connectivity index (χ3n) is 0. The molecule has 0 amide bonds. The van der Waals surface area contributed by atoms with E-state index >= 15 is 0 Å². The van der Waals surface area contributed by atoms with Gasteiger partial charge < -0.3 is 6.42 Å². The molecule has 0 fully saturated rings. The van der Waals surface area contributed by atoms with Crippen LogP contribution in [0.1, 0.15) is 13.8 Å². The molecule has 0 aliphatic carbocycles.